The van der Waals surface area contributed by atoms with E-state index >= 15 is 0 Å². The number of hydrogen-bond donors (Lipinski definition) is 1. The first-order chi connectivity index (χ1) is 8.29. The summed E-state index contributed by atoms with van der Waals surface area (Å²) in [6.07, 6.45) is -1.91. The molecule has 5 heteroatoms. The van der Waals surface area contributed by atoms with Crippen LogP contribution < -0.4 is 0 Å². The maximum absolute atomic E-state index is 10.8. The third-order valence-electron chi connectivity index (χ3n) is 2.48. The van der Waals surface area contributed by atoms with Gasteiger partial charge in [0.25, 0.3) is 0 Å². The molecule has 1 aromatic rings. The first-order valence-electron chi connectivity index (χ1n) is 5.39. The Balaban J connectivity index is 1.77. The Labute approximate surface area is 98.9 Å². The average molecular weight is 238 g/mol. The standard InChI is InChI=1S/C12H14O5/c13-6-10-11(17-12(14)16-10)8-15-7-9-4-2-1-3-5-9/h1-5,10-11,13H,6-8H2/t10-,11-/m0/s1. The minimum absolute atomic E-state index is 0.214. The van der Waals surface area contributed by atoms with Gasteiger partial charge in [-0.2, -0.15) is 0 Å². The van der Waals surface area contributed by atoms with Gasteiger partial charge in [0.1, 0.15) is 0 Å². The fourth-order valence-electron chi connectivity index (χ4n) is 1.59. The van der Waals surface area contributed by atoms with Crippen LogP contribution in [0.1, 0.15) is 5.56 Å². The first kappa shape index (κ1) is 11.9. The van der Waals surface area contributed by atoms with Crippen LogP contribution in [-0.4, -0.2) is 36.7 Å². The molecule has 1 fully saturated rings. The zero-order chi connectivity index (χ0) is 12.1. The quantitative estimate of drug-likeness (QED) is 0.778. The van der Waals surface area contributed by atoms with Crippen molar-refractivity contribution in [3.63, 3.8) is 0 Å². The number of aliphatic hydroxyl groups is 1. The highest BCUT2D eigenvalue weighted by atomic mass is 16.8. The normalized spacial score (nSPS) is 23.2. The van der Waals surface area contributed by atoms with Crippen LogP contribution in [0.2, 0.25) is 0 Å². The van der Waals surface area contributed by atoms with Crippen LogP contribution in [0.5, 0.6) is 0 Å². The van der Waals surface area contributed by atoms with Crippen molar-refractivity contribution in [3.8, 4) is 0 Å². The molecule has 0 spiro atoms. The van der Waals surface area contributed by atoms with Crippen molar-refractivity contribution in [1.82, 2.24) is 0 Å². The SMILES string of the molecule is O=C1O[C@@H](CO)[C@H](COCc2ccccc2)O1. The molecule has 1 saturated heterocycles. The van der Waals surface area contributed by atoms with Gasteiger partial charge in [0, 0.05) is 0 Å². The largest absolute Gasteiger partial charge is 0.509 e. The zero-order valence-electron chi connectivity index (χ0n) is 9.24. The van der Waals surface area contributed by atoms with Crippen LogP contribution in [0.3, 0.4) is 0 Å². The fourth-order valence-corrected chi connectivity index (χ4v) is 1.59. The lowest BCUT2D eigenvalue weighted by atomic mass is 10.2. The van der Waals surface area contributed by atoms with Crippen LogP contribution in [0.15, 0.2) is 30.3 Å². The van der Waals surface area contributed by atoms with Crippen LogP contribution in [0, 0.1) is 0 Å². The van der Waals surface area contributed by atoms with E-state index in [2.05, 4.69) is 0 Å². The molecule has 2 atom stereocenters. The monoisotopic (exact) mass is 238 g/mol. The highest BCUT2D eigenvalue weighted by Crippen LogP contribution is 2.15. The van der Waals surface area contributed by atoms with Gasteiger partial charge in [-0.25, -0.2) is 4.79 Å². The average Bonchev–Trinajstić information content (AvgIpc) is 2.71. The summed E-state index contributed by atoms with van der Waals surface area (Å²) >= 11 is 0. The van der Waals surface area contributed by atoms with Crippen LogP contribution in [0.25, 0.3) is 0 Å². The van der Waals surface area contributed by atoms with Crippen molar-refractivity contribution in [2.24, 2.45) is 0 Å². The number of benzene rings is 1. The molecule has 0 bridgehead atoms. The minimum Gasteiger partial charge on any atom is -0.424 e. The molecule has 1 aliphatic rings. The van der Waals surface area contributed by atoms with Crippen molar-refractivity contribution in [3.05, 3.63) is 35.9 Å². The molecule has 2 rings (SSSR count). The van der Waals surface area contributed by atoms with Crippen LogP contribution in [0.4, 0.5) is 4.79 Å². The van der Waals surface area contributed by atoms with Gasteiger partial charge >= 0.3 is 6.16 Å². The molecule has 1 aromatic carbocycles. The number of ether oxygens (including phenoxy) is 3. The first-order valence-corrected chi connectivity index (χ1v) is 5.39. The summed E-state index contributed by atoms with van der Waals surface area (Å²) < 4.78 is 15.0. The molecule has 0 unspecified atom stereocenters. The lowest BCUT2D eigenvalue weighted by Crippen LogP contribution is -2.30. The molecule has 1 aliphatic heterocycles. The van der Waals surface area contributed by atoms with E-state index in [1.807, 2.05) is 30.3 Å². The Morgan fingerprint density at radius 1 is 1.18 bits per heavy atom. The van der Waals surface area contributed by atoms with Crippen molar-refractivity contribution in [2.45, 2.75) is 18.8 Å². The van der Waals surface area contributed by atoms with Crippen molar-refractivity contribution >= 4 is 6.16 Å². The summed E-state index contributed by atoms with van der Waals surface area (Å²) in [5.74, 6) is 0. The number of rotatable bonds is 5. The predicted octanol–water partition coefficient (Wildman–Crippen LogP) is 1.10. The maximum atomic E-state index is 10.8. The van der Waals surface area contributed by atoms with Gasteiger partial charge in [-0.1, -0.05) is 30.3 Å². The molecule has 1 N–H and O–H groups in total. The van der Waals surface area contributed by atoms with Crippen LogP contribution in [-0.2, 0) is 20.8 Å². The number of carbonyl (C=O) groups is 1. The Hall–Kier alpha value is -1.59. The lowest BCUT2D eigenvalue weighted by Gasteiger charge is -2.13. The van der Waals surface area contributed by atoms with E-state index in [0.717, 1.165) is 5.56 Å². The topological polar surface area (TPSA) is 65.0 Å². The summed E-state index contributed by atoms with van der Waals surface area (Å²) in [5, 5.41) is 8.96. The summed E-state index contributed by atoms with van der Waals surface area (Å²) in [5.41, 5.74) is 1.04. The van der Waals surface area contributed by atoms with E-state index in [-0.39, 0.29) is 13.2 Å². The van der Waals surface area contributed by atoms with Gasteiger partial charge in [-0.15, -0.1) is 0 Å². The van der Waals surface area contributed by atoms with E-state index in [1.165, 1.54) is 0 Å². The summed E-state index contributed by atoms with van der Waals surface area (Å²) in [6, 6.07) is 9.67. The summed E-state index contributed by atoms with van der Waals surface area (Å²) in [4.78, 5) is 10.8. The molecule has 0 saturated carbocycles. The molecule has 17 heavy (non-hydrogen) atoms. The van der Waals surface area contributed by atoms with E-state index < -0.39 is 18.4 Å². The molecule has 0 aliphatic carbocycles. The molecular formula is C12H14O5. The smallest absolute Gasteiger partial charge is 0.424 e. The molecular weight excluding hydrogens is 224 g/mol. The Kier molecular flexibility index (Phi) is 3.95. The fraction of sp³-hybridized carbons (Fsp3) is 0.417. The highest BCUT2D eigenvalue weighted by Gasteiger charge is 2.36. The van der Waals surface area contributed by atoms with Gasteiger partial charge < -0.3 is 19.3 Å². The van der Waals surface area contributed by atoms with Crippen molar-refractivity contribution in [1.29, 1.82) is 0 Å². The van der Waals surface area contributed by atoms with Gasteiger partial charge in [0.05, 0.1) is 19.8 Å². The summed E-state index contributed by atoms with van der Waals surface area (Å²) in [6.45, 7) is 0.393. The molecule has 0 radical (unpaired) electrons. The molecule has 5 nitrogen and oxygen atoms in total. The number of aliphatic hydroxyl groups excluding tert-OH is 1. The van der Waals surface area contributed by atoms with Gasteiger partial charge in [-0.05, 0) is 5.56 Å². The highest BCUT2D eigenvalue weighted by molar-refractivity contribution is 5.62. The van der Waals surface area contributed by atoms with E-state index in [1.54, 1.807) is 0 Å². The Morgan fingerprint density at radius 3 is 2.59 bits per heavy atom. The third-order valence-corrected chi connectivity index (χ3v) is 2.48. The third kappa shape index (κ3) is 3.18. The van der Waals surface area contributed by atoms with Crippen molar-refractivity contribution < 1.29 is 24.1 Å². The lowest BCUT2D eigenvalue weighted by molar-refractivity contribution is 0.00944. The molecule has 92 valence electrons. The minimum atomic E-state index is -0.752. The molecule has 0 aromatic heterocycles. The van der Waals surface area contributed by atoms with E-state index in [4.69, 9.17) is 19.3 Å². The maximum Gasteiger partial charge on any atom is 0.509 e. The Bertz CT molecular complexity index is 364. The second-order valence-electron chi connectivity index (χ2n) is 3.75. The summed E-state index contributed by atoms with van der Waals surface area (Å²) in [7, 11) is 0. The van der Waals surface area contributed by atoms with E-state index in [9.17, 15) is 4.79 Å². The number of hydrogen-bond acceptors (Lipinski definition) is 5. The molecule has 0 amide bonds. The predicted molar refractivity (Wildman–Crippen MR) is 58.3 cm³/mol. The Morgan fingerprint density at radius 2 is 1.88 bits per heavy atom. The second kappa shape index (κ2) is 5.65. The van der Waals surface area contributed by atoms with Crippen molar-refractivity contribution in [2.75, 3.05) is 13.2 Å². The molecule has 1 heterocycles. The number of cyclic esters (lactones) is 2. The second-order valence-corrected chi connectivity index (χ2v) is 3.75. The van der Waals surface area contributed by atoms with Gasteiger partial charge in [-0.3, -0.25) is 0 Å². The number of carbonyl (C=O) groups excluding carboxylic acids is 1. The zero-order valence-corrected chi connectivity index (χ0v) is 9.24. The van der Waals surface area contributed by atoms with Gasteiger partial charge in [0.2, 0.25) is 0 Å². The van der Waals surface area contributed by atoms with Crippen LogP contribution >= 0.6 is 0 Å². The van der Waals surface area contributed by atoms with E-state index in [0.29, 0.717) is 6.61 Å². The van der Waals surface area contributed by atoms with Gasteiger partial charge in [0.15, 0.2) is 12.2 Å².